The molecule has 3 rings (SSSR count). The first kappa shape index (κ1) is 14.3. The summed E-state index contributed by atoms with van der Waals surface area (Å²) in [5.41, 5.74) is 5.42. The van der Waals surface area contributed by atoms with Crippen molar-refractivity contribution in [3.05, 3.63) is 82.9 Å². The number of fused-ring (bicyclic) bond motifs is 1. The molecule has 20 heavy (non-hydrogen) atoms. The van der Waals surface area contributed by atoms with Gasteiger partial charge in [-0.3, -0.25) is 0 Å². The van der Waals surface area contributed by atoms with E-state index in [1.165, 1.54) is 33.0 Å². The monoisotopic (exact) mass is 262 g/mol. The topological polar surface area (TPSA) is 0 Å². The van der Waals surface area contributed by atoms with E-state index >= 15 is 0 Å². The fourth-order valence-corrected chi connectivity index (χ4v) is 2.23. The SMILES string of the molecule is Cc1ccc2c(C)cccc2c1.Cc1ccccc1C. The van der Waals surface area contributed by atoms with Gasteiger partial charge in [0.25, 0.3) is 0 Å². The number of hydrogen-bond donors (Lipinski definition) is 0. The average Bonchev–Trinajstić information content (AvgIpc) is 2.43. The molecular weight excluding hydrogens is 240 g/mol. The van der Waals surface area contributed by atoms with Crippen LogP contribution in [0.1, 0.15) is 22.3 Å². The lowest BCUT2D eigenvalue weighted by molar-refractivity contribution is 1.34. The minimum atomic E-state index is 1.33. The van der Waals surface area contributed by atoms with Crippen molar-refractivity contribution in [2.24, 2.45) is 0 Å². The number of aryl methyl sites for hydroxylation is 4. The van der Waals surface area contributed by atoms with Crippen LogP contribution >= 0.6 is 0 Å². The molecule has 0 heteroatoms. The van der Waals surface area contributed by atoms with Crippen LogP contribution in [0.4, 0.5) is 0 Å². The maximum atomic E-state index is 2.22. The molecule has 0 amide bonds. The minimum Gasteiger partial charge on any atom is -0.0620 e. The van der Waals surface area contributed by atoms with E-state index < -0.39 is 0 Å². The third kappa shape index (κ3) is 3.48. The van der Waals surface area contributed by atoms with Gasteiger partial charge in [0.2, 0.25) is 0 Å². The molecule has 0 atom stereocenters. The van der Waals surface area contributed by atoms with Crippen LogP contribution in [0.3, 0.4) is 0 Å². The molecule has 0 aliphatic carbocycles. The van der Waals surface area contributed by atoms with Crippen LogP contribution in [0.15, 0.2) is 60.7 Å². The van der Waals surface area contributed by atoms with Gasteiger partial charge in [-0.2, -0.15) is 0 Å². The maximum absolute atomic E-state index is 2.22. The molecule has 3 aromatic carbocycles. The van der Waals surface area contributed by atoms with Crippen LogP contribution in [-0.2, 0) is 0 Å². The summed E-state index contributed by atoms with van der Waals surface area (Å²) in [5, 5.41) is 2.71. The first-order valence-electron chi connectivity index (χ1n) is 7.06. The summed E-state index contributed by atoms with van der Waals surface area (Å²) in [7, 11) is 0. The predicted octanol–water partition coefficient (Wildman–Crippen LogP) is 5.76. The molecule has 0 aliphatic rings. The van der Waals surface area contributed by atoms with Crippen LogP contribution in [0.25, 0.3) is 10.8 Å². The normalized spacial score (nSPS) is 10.0. The number of rotatable bonds is 0. The van der Waals surface area contributed by atoms with Crippen molar-refractivity contribution in [2.75, 3.05) is 0 Å². The molecule has 3 aromatic rings. The van der Waals surface area contributed by atoms with Gasteiger partial charge in [-0.15, -0.1) is 0 Å². The van der Waals surface area contributed by atoms with Gasteiger partial charge in [-0.1, -0.05) is 66.2 Å². The van der Waals surface area contributed by atoms with Crippen LogP contribution in [0, 0.1) is 27.7 Å². The Morgan fingerprint density at radius 3 is 1.75 bits per heavy atom. The molecule has 0 saturated heterocycles. The molecule has 0 aliphatic heterocycles. The Balaban J connectivity index is 0.000000160. The smallest absolute Gasteiger partial charge is 0.0155 e. The molecule has 0 N–H and O–H groups in total. The van der Waals surface area contributed by atoms with Gasteiger partial charge in [0, 0.05) is 0 Å². The fourth-order valence-electron chi connectivity index (χ4n) is 2.23. The summed E-state index contributed by atoms with van der Waals surface area (Å²) < 4.78 is 0. The van der Waals surface area contributed by atoms with E-state index in [4.69, 9.17) is 0 Å². The zero-order valence-corrected chi connectivity index (χ0v) is 12.8. The van der Waals surface area contributed by atoms with E-state index in [2.05, 4.69) is 88.4 Å². The molecule has 0 radical (unpaired) electrons. The van der Waals surface area contributed by atoms with Gasteiger partial charge in [-0.25, -0.2) is 0 Å². The second kappa shape index (κ2) is 6.38. The summed E-state index contributed by atoms with van der Waals surface area (Å²) in [5.74, 6) is 0. The van der Waals surface area contributed by atoms with Crippen LogP contribution in [0.2, 0.25) is 0 Å². The standard InChI is InChI=1S/C12H12.C8H10/c1-9-6-7-12-10(2)4-3-5-11(12)8-9;1-7-5-3-4-6-8(7)2/h3-8H,1-2H3;3-6H,1-2H3. The molecule has 0 unspecified atom stereocenters. The highest BCUT2D eigenvalue weighted by atomic mass is 14.0. The van der Waals surface area contributed by atoms with Gasteiger partial charge in [0.15, 0.2) is 0 Å². The summed E-state index contributed by atoms with van der Waals surface area (Å²) in [6.45, 7) is 8.52. The van der Waals surface area contributed by atoms with Crippen LogP contribution < -0.4 is 0 Å². The van der Waals surface area contributed by atoms with Gasteiger partial charge < -0.3 is 0 Å². The zero-order valence-electron chi connectivity index (χ0n) is 12.8. The summed E-state index contributed by atoms with van der Waals surface area (Å²) in [4.78, 5) is 0. The Morgan fingerprint density at radius 1 is 0.550 bits per heavy atom. The van der Waals surface area contributed by atoms with Crippen molar-refractivity contribution >= 4 is 10.8 Å². The Bertz CT molecular complexity index is 687. The highest BCUT2D eigenvalue weighted by Gasteiger charge is 1.94. The van der Waals surface area contributed by atoms with Crippen LogP contribution in [0.5, 0.6) is 0 Å². The van der Waals surface area contributed by atoms with E-state index in [-0.39, 0.29) is 0 Å². The molecule has 102 valence electrons. The van der Waals surface area contributed by atoms with Crippen molar-refractivity contribution in [2.45, 2.75) is 27.7 Å². The van der Waals surface area contributed by atoms with Gasteiger partial charge in [-0.05, 0) is 55.2 Å². The Labute approximate surface area is 122 Å². The maximum Gasteiger partial charge on any atom is -0.0155 e. The van der Waals surface area contributed by atoms with Gasteiger partial charge in [0.05, 0.1) is 0 Å². The second-order valence-corrected chi connectivity index (χ2v) is 5.38. The molecule has 0 saturated carbocycles. The van der Waals surface area contributed by atoms with Crippen molar-refractivity contribution in [3.8, 4) is 0 Å². The first-order valence-corrected chi connectivity index (χ1v) is 7.06. The Morgan fingerprint density at radius 2 is 1.15 bits per heavy atom. The number of hydrogen-bond acceptors (Lipinski definition) is 0. The lowest BCUT2D eigenvalue weighted by atomic mass is 10.0. The first-order chi connectivity index (χ1) is 9.58. The predicted molar refractivity (Wildman–Crippen MR) is 89.3 cm³/mol. The van der Waals surface area contributed by atoms with E-state index in [0.717, 1.165) is 0 Å². The van der Waals surface area contributed by atoms with E-state index in [0.29, 0.717) is 0 Å². The van der Waals surface area contributed by atoms with Crippen LogP contribution in [-0.4, -0.2) is 0 Å². The van der Waals surface area contributed by atoms with E-state index in [1.807, 2.05) is 0 Å². The molecule has 0 heterocycles. The third-order valence-corrected chi connectivity index (χ3v) is 3.68. The third-order valence-electron chi connectivity index (χ3n) is 3.68. The number of benzene rings is 3. The second-order valence-electron chi connectivity index (χ2n) is 5.38. The highest BCUT2D eigenvalue weighted by molar-refractivity contribution is 5.86. The molecule has 0 fully saturated rings. The van der Waals surface area contributed by atoms with Crippen molar-refractivity contribution in [3.63, 3.8) is 0 Å². The molecule has 0 bridgehead atoms. The lowest BCUT2D eigenvalue weighted by Gasteiger charge is -2.01. The van der Waals surface area contributed by atoms with Crippen molar-refractivity contribution < 1.29 is 0 Å². The zero-order chi connectivity index (χ0) is 14.5. The quantitative estimate of drug-likeness (QED) is 0.483. The molecular formula is C20H22. The van der Waals surface area contributed by atoms with E-state index in [9.17, 15) is 0 Å². The summed E-state index contributed by atoms with van der Waals surface area (Å²) in [6.07, 6.45) is 0. The van der Waals surface area contributed by atoms with Gasteiger partial charge in [0.1, 0.15) is 0 Å². The molecule has 0 nitrogen and oxygen atoms in total. The van der Waals surface area contributed by atoms with Crippen molar-refractivity contribution in [1.29, 1.82) is 0 Å². The Hall–Kier alpha value is -2.08. The lowest BCUT2D eigenvalue weighted by Crippen LogP contribution is -1.78. The summed E-state index contributed by atoms with van der Waals surface area (Å²) in [6, 6.07) is 21.4. The highest BCUT2D eigenvalue weighted by Crippen LogP contribution is 2.18. The summed E-state index contributed by atoms with van der Waals surface area (Å²) >= 11 is 0. The average molecular weight is 262 g/mol. The van der Waals surface area contributed by atoms with Crippen molar-refractivity contribution in [1.82, 2.24) is 0 Å². The van der Waals surface area contributed by atoms with E-state index in [1.54, 1.807) is 0 Å². The fraction of sp³-hybridized carbons (Fsp3) is 0.200. The largest absolute Gasteiger partial charge is 0.0620 e. The molecule has 0 aromatic heterocycles. The molecule has 0 spiro atoms. The Kier molecular flexibility index (Phi) is 4.57. The van der Waals surface area contributed by atoms with Gasteiger partial charge >= 0.3 is 0 Å². The minimum absolute atomic E-state index is 1.33.